The second-order valence-electron chi connectivity index (χ2n) is 4.11. The van der Waals surface area contributed by atoms with E-state index in [2.05, 4.69) is 18.2 Å². The number of esters is 1. The fourth-order valence-electron chi connectivity index (χ4n) is 2.29. The Bertz CT molecular complexity index is 444. The van der Waals surface area contributed by atoms with Crippen molar-refractivity contribution in [3.05, 3.63) is 41.0 Å². The Hall–Kier alpha value is -1.57. The summed E-state index contributed by atoms with van der Waals surface area (Å²) in [4.78, 5) is 11.5. The molecule has 0 bridgehead atoms. The molecule has 1 aromatic rings. The van der Waals surface area contributed by atoms with Crippen molar-refractivity contribution in [2.45, 2.75) is 26.2 Å². The van der Waals surface area contributed by atoms with Gasteiger partial charge in [-0.05, 0) is 42.9 Å². The fourth-order valence-corrected chi connectivity index (χ4v) is 2.29. The molecule has 1 aliphatic carbocycles. The highest BCUT2D eigenvalue weighted by atomic mass is 16.5. The molecular weight excluding hydrogens is 200 g/mol. The number of methoxy groups -OCH3 is 1. The van der Waals surface area contributed by atoms with Gasteiger partial charge in [0.2, 0.25) is 0 Å². The van der Waals surface area contributed by atoms with Crippen LogP contribution in [0.5, 0.6) is 0 Å². The second-order valence-corrected chi connectivity index (χ2v) is 4.11. The minimum Gasteiger partial charge on any atom is -0.466 e. The van der Waals surface area contributed by atoms with Crippen molar-refractivity contribution in [1.29, 1.82) is 0 Å². The van der Waals surface area contributed by atoms with Crippen molar-refractivity contribution in [3.63, 3.8) is 0 Å². The van der Waals surface area contributed by atoms with Crippen LogP contribution in [0.15, 0.2) is 29.8 Å². The van der Waals surface area contributed by atoms with Crippen LogP contribution in [-0.4, -0.2) is 13.1 Å². The van der Waals surface area contributed by atoms with Crippen LogP contribution in [0.3, 0.4) is 0 Å². The van der Waals surface area contributed by atoms with Crippen LogP contribution >= 0.6 is 0 Å². The monoisotopic (exact) mass is 216 g/mol. The molecule has 0 aliphatic heterocycles. The molecule has 0 saturated heterocycles. The lowest BCUT2D eigenvalue weighted by Crippen LogP contribution is -2.09. The number of carbonyl (C=O) groups excluding carboxylic acids is 1. The van der Waals surface area contributed by atoms with Crippen molar-refractivity contribution in [3.8, 4) is 0 Å². The SMILES string of the molecule is COC(=O)/C(C)=C1/CCCc2ccccc21. The molecule has 16 heavy (non-hydrogen) atoms. The molecule has 2 rings (SSSR count). The number of rotatable bonds is 1. The van der Waals surface area contributed by atoms with E-state index < -0.39 is 0 Å². The van der Waals surface area contributed by atoms with Gasteiger partial charge in [0.15, 0.2) is 0 Å². The Labute approximate surface area is 95.9 Å². The van der Waals surface area contributed by atoms with Crippen molar-refractivity contribution in [2.24, 2.45) is 0 Å². The predicted molar refractivity (Wildman–Crippen MR) is 64.0 cm³/mol. The smallest absolute Gasteiger partial charge is 0.333 e. The number of hydrogen-bond donors (Lipinski definition) is 0. The van der Waals surface area contributed by atoms with E-state index in [0.29, 0.717) is 0 Å². The number of fused-ring (bicyclic) bond motifs is 1. The van der Waals surface area contributed by atoms with E-state index in [1.54, 1.807) is 0 Å². The number of carbonyl (C=O) groups is 1. The maximum Gasteiger partial charge on any atom is 0.333 e. The summed E-state index contributed by atoms with van der Waals surface area (Å²) in [5, 5.41) is 0. The molecule has 1 aliphatic rings. The molecule has 0 N–H and O–H groups in total. The first-order valence-electron chi connectivity index (χ1n) is 5.60. The van der Waals surface area contributed by atoms with Crippen LogP contribution in [0.4, 0.5) is 0 Å². The van der Waals surface area contributed by atoms with Gasteiger partial charge in [-0.25, -0.2) is 4.79 Å². The molecule has 84 valence electrons. The largest absolute Gasteiger partial charge is 0.466 e. The zero-order valence-corrected chi connectivity index (χ0v) is 9.75. The van der Waals surface area contributed by atoms with Crippen LogP contribution in [-0.2, 0) is 16.0 Å². The summed E-state index contributed by atoms with van der Waals surface area (Å²) in [6, 6.07) is 8.30. The number of hydrogen-bond acceptors (Lipinski definition) is 2. The zero-order chi connectivity index (χ0) is 11.5. The second kappa shape index (κ2) is 4.52. The Morgan fingerprint density at radius 2 is 2.00 bits per heavy atom. The minimum absolute atomic E-state index is 0.216. The van der Waals surface area contributed by atoms with E-state index in [0.717, 1.165) is 30.4 Å². The molecule has 2 heteroatoms. The molecule has 0 radical (unpaired) electrons. The van der Waals surface area contributed by atoms with Crippen LogP contribution < -0.4 is 0 Å². The molecule has 0 amide bonds. The van der Waals surface area contributed by atoms with Gasteiger partial charge in [-0.15, -0.1) is 0 Å². The van der Waals surface area contributed by atoms with Gasteiger partial charge in [0.1, 0.15) is 0 Å². The highest BCUT2D eigenvalue weighted by molar-refractivity contribution is 5.97. The Balaban J connectivity index is 2.49. The molecule has 2 nitrogen and oxygen atoms in total. The first-order chi connectivity index (χ1) is 7.74. The van der Waals surface area contributed by atoms with Gasteiger partial charge in [-0.3, -0.25) is 0 Å². The average Bonchev–Trinajstić information content (AvgIpc) is 2.36. The van der Waals surface area contributed by atoms with Crippen LogP contribution in [0, 0.1) is 0 Å². The highest BCUT2D eigenvalue weighted by Crippen LogP contribution is 2.32. The molecule has 0 saturated carbocycles. The number of ether oxygens (including phenoxy) is 1. The van der Waals surface area contributed by atoms with Crippen molar-refractivity contribution in [1.82, 2.24) is 0 Å². The quantitative estimate of drug-likeness (QED) is 0.533. The topological polar surface area (TPSA) is 26.3 Å². The van der Waals surface area contributed by atoms with E-state index in [9.17, 15) is 4.79 Å². The summed E-state index contributed by atoms with van der Waals surface area (Å²) in [6.07, 6.45) is 3.19. The molecule has 0 aromatic heterocycles. The van der Waals surface area contributed by atoms with E-state index in [-0.39, 0.29) is 5.97 Å². The van der Waals surface area contributed by atoms with Gasteiger partial charge in [0.25, 0.3) is 0 Å². The third-order valence-electron chi connectivity index (χ3n) is 3.16. The summed E-state index contributed by atoms with van der Waals surface area (Å²) in [5.41, 5.74) is 4.45. The molecule has 0 heterocycles. The van der Waals surface area contributed by atoms with E-state index >= 15 is 0 Å². The average molecular weight is 216 g/mol. The third-order valence-corrected chi connectivity index (χ3v) is 3.16. The fraction of sp³-hybridized carbons (Fsp3) is 0.357. The summed E-state index contributed by atoms with van der Waals surface area (Å²) in [5.74, 6) is -0.216. The van der Waals surface area contributed by atoms with Crippen molar-refractivity contribution in [2.75, 3.05) is 7.11 Å². The van der Waals surface area contributed by atoms with Gasteiger partial charge in [-0.2, -0.15) is 0 Å². The molecule has 0 unspecified atom stereocenters. The van der Waals surface area contributed by atoms with Crippen molar-refractivity contribution >= 4 is 11.5 Å². The van der Waals surface area contributed by atoms with Crippen LogP contribution in [0.2, 0.25) is 0 Å². The zero-order valence-electron chi connectivity index (χ0n) is 9.75. The summed E-state index contributed by atoms with van der Waals surface area (Å²) >= 11 is 0. The highest BCUT2D eigenvalue weighted by Gasteiger charge is 2.18. The first-order valence-corrected chi connectivity index (χ1v) is 5.60. The number of allylic oxidation sites excluding steroid dienone is 1. The molecule has 0 atom stereocenters. The number of benzene rings is 1. The minimum atomic E-state index is -0.216. The van der Waals surface area contributed by atoms with E-state index in [1.807, 2.05) is 13.0 Å². The standard InChI is InChI=1S/C14H16O2/c1-10(14(15)16-2)12-9-5-7-11-6-3-4-8-13(11)12/h3-4,6,8H,5,7,9H2,1-2H3/b12-10-. The molecule has 0 spiro atoms. The maximum atomic E-state index is 11.5. The van der Waals surface area contributed by atoms with E-state index in [4.69, 9.17) is 4.74 Å². The summed E-state index contributed by atoms with van der Waals surface area (Å²) in [6.45, 7) is 1.85. The Morgan fingerprint density at radius 1 is 1.25 bits per heavy atom. The van der Waals surface area contributed by atoms with Crippen LogP contribution in [0.1, 0.15) is 30.9 Å². The predicted octanol–water partition coefficient (Wildman–Crippen LogP) is 2.97. The normalized spacial score (nSPS) is 17.6. The van der Waals surface area contributed by atoms with Gasteiger partial charge in [-0.1, -0.05) is 24.3 Å². The van der Waals surface area contributed by atoms with E-state index in [1.165, 1.54) is 18.2 Å². The first kappa shape index (κ1) is 10.9. The lowest BCUT2D eigenvalue weighted by molar-refractivity contribution is -0.135. The molecule has 1 aromatic carbocycles. The number of aryl methyl sites for hydroxylation is 1. The third kappa shape index (κ3) is 1.87. The summed E-state index contributed by atoms with van der Waals surface area (Å²) in [7, 11) is 1.43. The van der Waals surface area contributed by atoms with Gasteiger partial charge >= 0.3 is 5.97 Å². The lowest BCUT2D eigenvalue weighted by atomic mass is 9.85. The van der Waals surface area contributed by atoms with Gasteiger partial charge in [0, 0.05) is 5.57 Å². The van der Waals surface area contributed by atoms with Crippen LogP contribution in [0.25, 0.3) is 5.57 Å². The Morgan fingerprint density at radius 3 is 2.75 bits per heavy atom. The molecule has 0 fully saturated rings. The molecular formula is C14H16O2. The van der Waals surface area contributed by atoms with Crippen molar-refractivity contribution < 1.29 is 9.53 Å². The van der Waals surface area contributed by atoms with Gasteiger partial charge < -0.3 is 4.74 Å². The lowest BCUT2D eigenvalue weighted by Gasteiger charge is -2.20. The summed E-state index contributed by atoms with van der Waals surface area (Å²) < 4.78 is 4.78. The maximum absolute atomic E-state index is 11.5. The Kier molecular flexibility index (Phi) is 3.09. The van der Waals surface area contributed by atoms with Gasteiger partial charge in [0.05, 0.1) is 7.11 Å².